The van der Waals surface area contributed by atoms with Gasteiger partial charge in [-0.2, -0.15) is 5.26 Å². The minimum absolute atomic E-state index is 0.119. The molecule has 1 N–H and O–H groups in total. The lowest BCUT2D eigenvalue weighted by atomic mass is 10.2. The molecule has 84 valence electrons. The van der Waals surface area contributed by atoms with E-state index < -0.39 is 8.25 Å². The van der Waals surface area contributed by atoms with E-state index in [1.165, 1.54) is 7.11 Å². The van der Waals surface area contributed by atoms with Crippen LogP contribution in [0.15, 0.2) is 10.5 Å². The van der Waals surface area contributed by atoms with E-state index in [1.54, 1.807) is 6.07 Å². The fraction of sp³-hybridized carbons (Fsp3) is 0.250. The Morgan fingerprint density at radius 2 is 2.44 bits per heavy atom. The quantitative estimate of drug-likeness (QED) is 0.854. The van der Waals surface area contributed by atoms with Crippen LogP contribution in [0.25, 0.3) is 0 Å². The molecule has 0 aromatic carbocycles. The summed E-state index contributed by atoms with van der Waals surface area (Å²) in [5, 5.41) is 8.73. The van der Waals surface area contributed by atoms with Gasteiger partial charge in [-0.05, 0) is 22.0 Å². The predicted octanol–water partition coefficient (Wildman–Crippen LogP) is 1.89. The number of aromatic nitrogens is 1. The van der Waals surface area contributed by atoms with Crippen LogP contribution >= 0.6 is 24.2 Å². The van der Waals surface area contributed by atoms with Crippen molar-refractivity contribution in [3.63, 3.8) is 0 Å². The molecular weight excluding hydrogens is 299 g/mol. The summed E-state index contributed by atoms with van der Waals surface area (Å²) in [5.41, 5.74) is 0.653. The van der Waals surface area contributed by atoms with Gasteiger partial charge in [-0.25, -0.2) is 4.98 Å². The van der Waals surface area contributed by atoms with E-state index in [4.69, 9.17) is 14.9 Å². The van der Waals surface area contributed by atoms with E-state index in [-0.39, 0.29) is 18.2 Å². The van der Waals surface area contributed by atoms with Crippen LogP contribution < -0.4 is 4.74 Å². The second-order valence-corrected chi connectivity index (χ2v) is 4.20. The van der Waals surface area contributed by atoms with Crippen molar-refractivity contribution in [2.75, 3.05) is 7.11 Å². The first kappa shape index (κ1) is 13.0. The molecule has 0 aliphatic rings. The molecule has 1 aromatic heterocycles. The highest BCUT2D eigenvalue weighted by atomic mass is 79.9. The molecule has 1 heterocycles. The third-order valence-corrected chi connectivity index (χ3v) is 2.60. The number of methoxy groups -OCH3 is 1. The van der Waals surface area contributed by atoms with Gasteiger partial charge in [0, 0.05) is 10.1 Å². The zero-order chi connectivity index (χ0) is 12.1. The maximum absolute atomic E-state index is 10.4. The maximum atomic E-state index is 10.4. The molecule has 0 aliphatic heterocycles. The molecule has 0 radical (unpaired) electrons. The molecule has 0 aliphatic carbocycles. The number of hydrogen-bond donors (Lipinski definition) is 1. The molecule has 0 spiro atoms. The largest absolute Gasteiger partial charge is 0.695 e. The predicted molar refractivity (Wildman–Crippen MR) is 57.8 cm³/mol. The van der Waals surface area contributed by atoms with Gasteiger partial charge in [-0.1, -0.05) is 0 Å². The Bertz CT molecular complexity index is 460. The van der Waals surface area contributed by atoms with E-state index >= 15 is 0 Å². The molecular formula is C8H7BrN2O4P+. The fourth-order valence-electron chi connectivity index (χ4n) is 0.993. The third-order valence-electron chi connectivity index (χ3n) is 1.64. The summed E-state index contributed by atoms with van der Waals surface area (Å²) in [6.45, 7) is -0.119. The fourth-order valence-corrected chi connectivity index (χ4v) is 1.70. The number of nitriles is 1. The third kappa shape index (κ3) is 3.22. The Hall–Kier alpha value is -1.06. The molecule has 0 fully saturated rings. The van der Waals surface area contributed by atoms with Crippen LogP contribution in [0.2, 0.25) is 0 Å². The van der Waals surface area contributed by atoms with E-state index in [0.29, 0.717) is 10.0 Å². The summed E-state index contributed by atoms with van der Waals surface area (Å²) in [6, 6.07) is 3.43. The Kier molecular flexibility index (Phi) is 4.77. The van der Waals surface area contributed by atoms with E-state index in [1.807, 2.05) is 6.07 Å². The van der Waals surface area contributed by atoms with Gasteiger partial charge in [0.25, 0.3) is 0 Å². The Labute approximate surface area is 101 Å². The summed E-state index contributed by atoms with van der Waals surface area (Å²) >= 11 is 3.15. The van der Waals surface area contributed by atoms with Gasteiger partial charge in [0.1, 0.15) is 12.7 Å². The molecule has 16 heavy (non-hydrogen) atoms. The standard InChI is InChI=1S/C8H6BrN2O4P/c1-14-8-5(4-15-16(12)13)2-6(9)7(3-10)11-8/h2H,4H2,1H3/p+1. The second kappa shape index (κ2) is 5.87. The first-order chi connectivity index (χ1) is 7.58. The summed E-state index contributed by atoms with van der Waals surface area (Å²) in [5.74, 6) is 0.191. The highest BCUT2D eigenvalue weighted by Gasteiger charge is 2.17. The van der Waals surface area contributed by atoms with Gasteiger partial charge in [-0.3, -0.25) is 0 Å². The van der Waals surface area contributed by atoms with Gasteiger partial charge in [0.15, 0.2) is 5.69 Å². The lowest BCUT2D eigenvalue weighted by molar-refractivity contribution is 0.265. The number of hydrogen-bond acceptors (Lipinski definition) is 5. The van der Waals surface area contributed by atoms with Crippen molar-refractivity contribution in [1.82, 2.24) is 4.98 Å². The zero-order valence-electron chi connectivity index (χ0n) is 8.18. The van der Waals surface area contributed by atoms with E-state index in [2.05, 4.69) is 25.4 Å². The van der Waals surface area contributed by atoms with Crippen LogP contribution in [0, 0.1) is 11.3 Å². The van der Waals surface area contributed by atoms with Crippen LogP contribution in [0.1, 0.15) is 11.3 Å². The highest BCUT2D eigenvalue weighted by molar-refractivity contribution is 9.10. The lowest BCUT2D eigenvalue weighted by Gasteiger charge is -2.05. The molecule has 6 nitrogen and oxygen atoms in total. The average molecular weight is 306 g/mol. The van der Waals surface area contributed by atoms with Crippen LogP contribution in [0.5, 0.6) is 5.88 Å². The number of ether oxygens (including phenoxy) is 1. The van der Waals surface area contributed by atoms with Gasteiger partial charge in [0.05, 0.1) is 11.6 Å². The number of rotatable bonds is 4. The van der Waals surface area contributed by atoms with Crippen molar-refractivity contribution in [3.8, 4) is 11.9 Å². The van der Waals surface area contributed by atoms with Crippen molar-refractivity contribution in [2.24, 2.45) is 0 Å². The average Bonchev–Trinajstić information content (AvgIpc) is 2.26. The number of pyridine rings is 1. The second-order valence-electron chi connectivity index (χ2n) is 2.61. The van der Waals surface area contributed by atoms with Crippen LogP contribution in [-0.4, -0.2) is 17.0 Å². The van der Waals surface area contributed by atoms with Gasteiger partial charge in [0.2, 0.25) is 5.88 Å². The van der Waals surface area contributed by atoms with Crippen molar-refractivity contribution >= 4 is 24.2 Å². The van der Waals surface area contributed by atoms with Crippen molar-refractivity contribution in [2.45, 2.75) is 6.61 Å². The van der Waals surface area contributed by atoms with Crippen LogP contribution in [0.3, 0.4) is 0 Å². The molecule has 0 saturated heterocycles. The topological polar surface area (TPSA) is 92.4 Å². The summed E-state index contributed by atoms with van der Waals surface area (Å²) in [4.78, 5) is 12.4. The minimum atomic E-state index is -2.68. The smallest absolute Gasteiger partial charge is 0.481 e. The van der Waals surface area contributed by atoms with Crippen LogP contribution in [0.4, 0.5) is 0 Å². The van der Waals surface area contributed by atoms with E-state index in [0.717, 1.165) is 0 Å². The Morgan fingerprint density at radius 3 is 2.94 bits per heavy atom. The Balaban J connectivity index is 3.04. The maximum Gasteiger partial charge on any atom is 0.695 e. The lowest BCUT2D eigenvalue weighted by Crippen LogP contribution is -1.99. The molecule has 1 aromatic rings. The molecule has 1 atom stereocenters. The van der Waals surface area contributed by atoms with Gasteiger partial charge < -0.3 is 4.74 Å². The molecule has 0 bridgehead atoms. The summed E-state index contributed by atoms with van der Waals surface area (Å²) < 4.78 is 20.3. The highest BCUT2D eigenvalue weighted by Crippen LogP contribution is 2.27. The monoisotopic (exact) mass is 305 g/mol. The van der Waals surface area contributed by atoms with E-state index in [9.17, 15) is 4.57 Å². The molecule has 1 unspecified atom stereocenters. The van der Waals surface area contributed by atoms with Crippen LogP contribution in [-0.2, 0) is 15.7 Å². The van der Waals surface area contributed by atoms with Gasteiger partial charge >= 0.3 is 8.25 Å². The normalized spacial score (nSPS) is 10.8. The first-order valence-electron chi connectivity index (χ1n) is 4.01. The zero-order valence-corrected chi connectivity index (χ0v) is 10.7. The molecule has 0 saturated carbocycles. The van der Waals surface area contributed by atoms with Crippen molar-refractivity contribution in [1.29, 1.82) is 5.26 Å². The number of nitrogens with zero attached hydrogens (tertiary/aromatic N) is 2. The summed E-state index contributed by atoms with van der Waals surface area (Å²) in [6.07, 6.45) is 0. The Morgan fingerprint density at radius 1 is 1.75 bits per heavy atom. The van der Waals surface area contributed by atoms with Gasteiger partial charge in [-0.15, -0.1) is 9.42 Å². The summed E-state index contributed by atoms with van der Waals surface area (Å²) in [7, 11) is -1.29. The molecule has 0 amide bonds. The SMILES string of the molecule is COc1nc(C#N)c(Br)cc1CO[P+](=O)O. The van der Waals surface area contributed by atoms with Crippen molar-refractivity contribution < 1.29 is 18.7 Å². The minimum Gasteiger partial charge on any atom is -0.481 e. The molecule has 1 rings (SSSR count). The number of halogens is 1. The molecule has 8 heteroatoms. The first-order valence-corrected chi connectivity index (χ1v) is 5.93. The van der Waals surface area contributed by atoms with Crippen molar-refractivity contribution in [3.05, 3.63) is 21.8 Å².